The summed E-state index contributed by atoms with van der Waals surface area (Å²) in [6.45, 7) is 0.155. The number of alkyl carbamates (subject to hydrolysis) is 1. The van der Waals surface area contributed by atoms with Gasteiger partial charge in [0, 0.05) is 12.5 Å². The van der Waals surface area contributed by atoms with Crippen molar-refractivity contribution >= 4 is 18.0 Å². The summed E-state index contributed by atoms with van der Waals surface area (Å²) in [6.07, 6.45) is 0.340. The minimum absolute atomic E-state index is 0.0247. The van der Waals surface area contributed by atoms with Crippen LogP contribution in [0.1, 0.15) is 41.5 Å². The topological polar surface area (TPSA) is 105 Å². The second-order valence-electron chi connectivity index (χ2n) is 9.12. The molecule has 3 aromatic carbocycles. The number of rotatable bonds is 8. The predicted molar refractivity (Wildman–Crippen MR) is 130 cm³/mol. The maximum atomic E-state index is 13.0. The largest absolute Gasteiger partial charge is 0.481 e. The highest BCUT2D eigenvalue weighted by atomic mass is 16.5. The van der Waals surface area contributed by atoms with Gasteiger partial charge in [0.05, 0.1) is 5.41 Å². The van der Waals surface area contributed by atoms with Crippen molar-refractivity contribution in [1.82, 2.24) is 10.6 Å². The van der Waals surface area contributed by atoms with Crippen LogP contribution in [0.15, 0.2) is 78.9 Å². The summed E-state index contributed by atoms with van der Waals surface area (Å²) in [5.41, 5.74) is 4.14. The molecule has 1 fully saturated rings. The number of ether oxygens (including phenoxy) is 1. The van der Waals surface area contributed by atoms with E-state index in [0.717, 1.165) is 22.3 Å². The zero-order valence-corrected chi connectivity index (χ0v) is 19.1. The van der Waals surface area contributed by atoms with Gasteiger partial charge in [-0.1, -0.05) is 78.9 Å². The Morgan fingerprint density at radius 1 is 0.886 bits per heavy atom. The lowest BCUT2D eigenvalue weighted by Crippen LogP contribution is -2.43. The maximum absolute atomic E-state index is 13.0. The number of carboxylic acid groups (broad SMARTS) is 1. The summed E-state index contributed by atoms with van der Waals surface area (Å²) < 4.78 is 5.61. The highest BCUT2D eigenvalue weighted by molar-refractivity contribution is 5.88. The number of benzene rings is 3. The van der Waals surface area contributed by atoms with E-state index < -0.39 is 29.4 Å². The molecule has 3 aromatic rings. The molecule has 0 aliphatic heterocycles. The third-order valence-electron chi connectivity index (χ3n) is 6.91. The molecule has 0 spiro atoms. The molecule has 178 valence electrons. The van der Waals surface area contributed by atoms with Gasteiger partial charge in [0.25, 0.3) is 0 Å². The van der Waals surface area contributed by atoms with Crippen LogP contribution < -0.4 is 10.6 Å². The fraction of sp³-hybridized carbons (Fsp3) is 0.250. The zero-order valence-electron chi connectivity index (χ0n) is 19.1. The van der Waals surface area contributed by atoms with Crippen LogP contribution in [-0.2, 0) is 14.3 Å². The normalized spacial score (nSPS) is 15.9. The molecule has 1 saturated carbocycles. The molecule has 0 aromatic heterocycles. The number of carbonyl (C=O) groups is 3. The molecule has 2 aliphatic carbocycles. The van der Waals surface area contributed by atoms with Gasteiger partial charge >= 0.3 is 12.1 Å². The average Bonchev–Trinajstić information content (AvgIpc) is 3.62. The van der Waals surface area contributed by atoms with Crippen molar-refractivity contribution in [3.8, 4) is 11.1 Å². The summed E-state index contributed by atoms with van der Waals surface area (Å²) in [6, 6.07) is 24.0. The zero-order chi connectivity index (χ0) is 24.4. The maximum Gasteiger partial charge on any atom is 0.408 e. The van der Waals surface area contributed by atoms with Crippen molar-refractivity contribution in [2.45, 2.75) is 24.8 Å². The minimum Gasteiger partial charge on any atom is -0.481 e. The van der Waals surface area contributed by atoms with E-state index in [9.17, 15) is 19.5 Å². The Kier molecular flexibility index (Phi) is 5.99. The van der Waals surface area contributed by atoms with Crippen molar-refractivity contribution in [3.05, 3.63) is 95.6 Å². The van der Waals surface area contributed by atoms with Gasteiger partial charge in [-0.05, 0) is 40.7 Å². The van der Waals surface area contributed by atoms with Crippen molar-refractivity contribution in [3.63, 3.8) is 0 Å². The molecule has 0 heterocycles. The van der Waals surface area contributed by atoms with Crippen LogP contribution >= 0.6 is 0 Å². The van der Waals surface area contributed by atoms with Gasteiger partial charge in [-0.2, -0.15) is 0 Å². The number of fused-ring (bicyclic) bond motifs is 3. The van der Waals surface area contributed by atoms with Crippen LogP contribution in [0.3, 0.4) is 0 Å². The minimum atomic E-state index is -1.00. The first-order valence-corrected chi connectivity index (χ1v) is 11.7. The molecule has 35 heavy (non-hydrogen) atoms. The molecular formula is C28H26N2O5. The van der Waals surface area contributed by atoms with Crippen LogP contribution in [0.2, 0.25) is 0 Å². The van der Waals surface area contributed by atoms with E-state index in [2.05, 4.69) is 22.8 Å². The van der Waals surface area contributed by atoms with Crippen LogP contribution in [0.25, 0.3) is 11.1 Å². The number of nitrogens with one attached hydrogen (secondary N) is 2. The lowest BCUT2D eigenvalue weighted by molar-refractivity contribution is -0.143. The molecule has 7 heteroatoms. The third kappa shape index (κ3) is 4.49. The standard InChI is InChI=1S/C28H26N2O5/c31-25(29-17-28(14-15-28)26(32)33)24(18-8-2-1-3-9-18)30-27(34)35-16-23-21-12-6-4-10-19(21)20-11-5-7-13-22(20)23/h1-13,23-24H,14-17H2,(H,29,31)(H,30,34)(H,32,33). The van der Waals surface area contributed by atoms with E-state index in [4.69, 9.17) is 4.74 Å². The highest BCUT2D eigenvalue weighted by Crippen LogP contribution is 2.45. The summed E-state index contributed by atoms with van der Waals surface area (Å²) in [7, 11) is 0. The molecule has 7 nitrogen and oxygen atoms in total. The van der Waals surface area contributed by atoms with Crippen molar-refractivity contribution < 1.29 is 24.2 Å². The van der Waals surface area contributed by atoms with Crippen molar-refractivity contribution in [2.75, 3.05) is 13.2 Å². The number of hydrogen-bond donors (Lipinski definition) is 3. The fourth-order valence-electron chi connectivity index (χ4n) is 4.68. The molecular weight excluding hydrogens is 444 g/mol. The third-order valence-corrected chi connectivity index (χ3v) is 6.91. The number of carboxylic acids is 1. The van der Waals surface area contributed by atoms with Gasteiger partial charge in [0.1, 0.15) is 12.6 Å². The Morgan fingerprint density at radius 2 is 1.46 bits per heavy atom. The molecule has 2 aliphatic rings. The van der Waals surface area contributed by atoms with Gasteiger partial charge in [-0.25, -0.2) is 4.79 Å². The number of aliphatic carboxylic acids is 1. The van der Waals surface area contributed by atoms with Crippen LogP contribution in [0, 0.1) is 5.41 Å². The fourth-order valence-corrected chi connectivity index (χ4v) is 4.68. The molecule has 0 radical (unpaired) electrons. The lowest BCUT2D eigenvalue weighted by atomic mass is 9.98. The summed E-state index contributed by atoms with van der Waals surface area (Å²) in [4.78, 5) is 37.3. The van der Waals surface area contributed by atoms with Crippen LogP contribution in [0.4, 0.5) is 4.79 Å². The molecule has 1 unspecified atom stereocenters. The lowest BCUT2D eigenvalue weighted by Gasteiger charge is -2.21. The first kappa shape index (κ1) is 22.7. The summed E-state index contributed by atoms with van der Waals surface area (Å²) in [5, 5.41) is 14.8. The monoisotopic (exact) mass is 470 g/mol. The smallest absolute Gasteiger partial charge is 0.408 e. The molecule has 5 rings (SSSR count). The van der Waals surface area contributed by atoms with Crippen molar-refractivity contribution in [1.29, 1.82) is 0 Å². The molecule has 0 saturated heterocycles. The van der Waals surface area contributed by atoms with Gasteiger partial charge in [0.15, 0.2) is 0 Å². The van der Waals surface area contributed by atoms with E-state index in [1.807, 2.05) is 42.5 Å². The predicted octanol–water partition coefficient (Wildman–Crippen LogP) is 4.25. The Morgan fingerprint density at radius 3 is 2.03 bits per heavy atom. The van der Waals surface area contributed by atoms with Crippen LogP contribution in [0.5, 0.6) is 0 Å². The Labute approximate surface area is 203 Å². The van der Waals surface area contributed by atoms with E-state index in [0.29, 0.717) is 18.4 Å². The molecule has 0 bridgehead atoms. The number of carbonyl (C=O) groups excluding carboxylic acids is 2. The van der Waals surface area contributed by atoms with Gasteiger partial charge in [0.2, 0.25) is 5.91 Å². The Balaban J connectivity index is 1.28. The molecule has 3 N–H and O–H groups in total. The SMILES string of the molecule is O=C(NC(C(=O)NCC1(C(=O)O)CC1)c1ccccc1)OCC1c2ccccc2-c2ccccc21. The molecule has 1 atom stereocenters. The van der Waals surface area contributed by atoms with Gasteiger partial charge in [-0.3, -0.25) is 9.59 Å². The Bertz CT molecular complexity index is 1220. The summed E-state index contributed by atoms with van der Waals surface area (Å²) >= 11 is 0. The van der Waals surface area contributed by atoms with E-state index >= 15 is 0 Å². The van der Waals surface area contributed by atoms with Crippen molar-refractivity contribution in [2.24, 2.45) is 5.41 Å². The van der Waals surface area contributed by atoms with Crippen LogP contribution in [-0.4, -0.2) is 36.2 Å². The van der Waals surface area contributed by atoms with E-state index in [-0.39, 0.29) is 19.1 Å². The van der Waals surface area contributed by atoms with Gasteiger partial charge < -0.3 is 20.5 Å². The second-order valence-corrected chi connectivity index (χ2v) is 9.12. The first-order valence-electron chi connectivity index (χ1n) is 11.7. The number of amides is 2. The molecule has 2 amide bonds. The van der Waals surface area contributed by atoms with E-state index in [1.54, 1.807) is 24.3 Å². The second kappa shape index (κ2) is 9.25. The first-order chi connectivity index (χ1) is 17.0. The quantitative estimate of drug-likeness (QED) is 0.457. The highest BCUT2D eigenvalue weighted by Gasteiger charge is 2.50. The van der Waals surface area contributed by atoms with E-state index in [1.165, 1.54) is 0 Å². The van der Waals surface area contributed by atoms with Gasteiger partial charge in [-0.15, -0.1) is 0 Å². The average molecular weight is 471 g/mol. The summed E-state index contributed by atoms with van der Waals surface area (Å²) in [5.74, 6) is -1.49. The number of hydrogen-bond acceptors (Lipinski definition) is 4. The Hall–Kier alpha value is -4.13.